The van der Waals surface area contributed by atoms with Gasteiger partial charge in [-0.3, -0.25) is 0 Å². The summed E-state index contributed by atoms with van der Waals surface area (Å²) in [5.74, 6) is 0.818. The Hall–Kier alpha value is -0.870. The Bertz CT molecular complexity index is 379. The van der Waals surface area contributed by atoms with Gasteiger partial charge in [-0.2, -0.15) is 0 Å². The van der Waals surface area contributed by atoms with E-state index in [0.29, 0.717) is 6.61 Å². The molecule has 1 unspecified atom stereocenters. The molecule has 0 aliphatic rings. The zero-order chi connectivity index (χ0) is 13.7. The van der Waals surface area contributed by atoms with Gasteiger partial charge >= 0.3 is 0 Å². The fourth-order valence-electron chi connectivity index (χ4n) is 1.92. The van der Waals surface area contributed by atoms with E-state index >= 15 is 0 Å². The summed E-state index contributed by atoms with van der Waals surface area (Å²) in [6, 6.07) is 7.98. The molecule has 0 aliphatic carbocycles. The maximum atomic E-state index is 12.5. The lowest BCUT2D eigenvalue weighted by Crippen LogP contribution is -2.38. The molecule has 0 aliphatic heterocycles. The summed E-state index contributed by atoms with van der Waals surface area (Å²) in [6.07, 6.45) is 0. The van der Waals surface area contributed by atoms with Crippen LogP contribution < -0.4 is 4.74 Å². The van der Waals surface area contributed by atoms with Crippen LogP contribution in [0.4, 0.5) is 0 Å². The Morgan fingerprint density at radius 1 is 1.11 bits per heavy atom. The number of ether oxygens (including phenoxy) is 1. The van der Waals surface area contributed by atoms with Crippen molar-refractivity contribution in [3.05, 3.63) is 24.3 Å². The van der Waals surface area contributed by atoms with Crippen LogP contribution in [-0.4, -0.2) is 27.2 Å². The van der Waals surface area contributed by atoms with E-state index in [2.05, 4.69) is 27.7 Å². The molecule has 0 saturated carbocycles. The molecule has 18 heavy (non-hydrogen) atoms. The minimum Gasteiger partial charge on any atom is -0.494 e. The molecule has 0 radical (unpaired) electrons. The van der Waals surface area contributed by atoms with Gasteiger partial charge in [0.2, 0.25) is 0 Å². The van der Waals surface area contributed by atoms with Crippen LogP contribution in [0.5, 0.6) is 5.75 Å². The van der Waals surface area contributed by atoms with Crippen molar-refractivity contribution in [3.8, 4) is 5.75 Å². The first kappa shape index (κ1) is 15.2. The lowest BCUT2D eigenvalue weighted by Gasteiger charge is -2.28. The maximum absolute atomic E-state index is 12.5. The molecule has 1 aromatic rings. The Morgan fingerprint density at radius 3 is 2.00 bits per heavy atom. The summed E-state index contributed by atoms with van der Waals surface area (Å²) < 4.78 is 19.9. The van der Waals surface area contributed by atoms with Gasteiger partial charge in [0.15, 0.2) is 0 Å². The number of nitrogens with zero attached hydrogens (tertiary/aromatic N) is 1. The van der Waals surface area contributed by atoms with Crippen LogP contribution in [0.2, 0.25) is 0 Å². The molecule has 1 atom stereocenters. The van der Waals surface area contributed by atoms with Gasteiger partial charge in [0.25, 0.3) is 0 Å². The summed E-state index contributed by atoms with van der Waals surface area (Å²) in [5, 5.41) is 0. The summed E-state index contributed by atoms with van der Waals surface area (Å²) in [5.41, 5.74) is 0. The van der Waals surface area contributed by atoms with Gasteiger partial charge in [0, 0.05) is 12.1 Å². The predicted octanol–water partition coefficient (Wildman–Crippen LogP) is 3.23. The SMILES string of the molecule is CCOc1ccc(S(=O)N(C(C)C)C(C)C)cc1. The summed E-state index contributed by atoms with van der Waals surface area (Å²) in [4.78, 5) is 0.820. The van der Waals surface area contributed by atoms with Gasteiger partial charge in [-0.15, -0.1) is 0 Å². The highest BCUT2D eigenvalue weighted by Gasteiger charge is 2.21. The average Bonchev–Trinajstić information content (AvgIpc) is 2.29. The molecule has 0 amide bonds. The molecule has 0 heterocycles. The van der Waals surface area contributed by atoms with Crippen LogP contribution >= 0.6 is 0 Å². The van der Waals surface area contributed by atoms with E-state index in [1.54, 1.807) is 0 Å². The van der Waals surface area contributed by atoms with Crippen LogP contribution in [0, 0.1) is 0 Å². The molecule has 0 saturated heterocycles. The number of hydrogen-bond acceptors (Lipinski definition) is 2. The minimum atomic E-state index is -1.12. The largest absolute Gasteiger partial charge is 0.494 e. The maximum Gasteiger partial charge on any atom is 0.128 e. The Labute approximate surface area is 113 Å². The molecular weight excluding hydrogens is 246 g/mol. The first-order valence-corrected chi connectivity index (χ1v) is 7.51. The molecule has 0 fully saturated rings. The number of hydrogen-bond donors (Lipinski definition) is 0. The van der Waals surface area contributed by atoms with E-state index in [9.17, 15) is 4.21 Å². The average molecular weight is 269 g/mol. The van der Waals surface area contributed by atoms with E-state index in [1.807, 2.05) is 35.5 Å². The van der Waals surface area contributed by atoms with Crippen molar-refractivity contribution in [2.24, 2.45) is 0 Å². The van der Waals surface area contributed by atoms with Crippen LogP contribution in [0.25, 0.3) is 0 Å². The fraction of sp³-hybridized carbons (Fsp3) is 0.571. The molecule has 1 aromatic carbocycles. The highest BCUT2D eigenvalue weighted by molar-refractivity contribution is 7.82. The minimum absolute atomic E-state index is 0.248. The zero-order valence-corrected chi connectivity index (χ0v) is 12.7. The second-order valence-corrected chi connectivity index (χ2v) is 6.09. The molecule has 3 nitrogen and oxygen atoms in total. The molecule has 4 heteroatoms. The summed E-state index contributed by atoms with van der Waals surface area (Å²) in [6.45, 7) is 10.8. The number of benzene rings is 1. The third-order valence-electron chi connectivity index (χ3n) is 2.55. The van der Waals surface area contributed by atoms with Crippen molar-refractivity contribution < 1.29 is 8.95 Å². The van der Waals surface area contributed by atoms with Crippen LogP contribution in [0.3, 0.4) is 0 Å². The first-order chi connectivity index (χ1) is 8.47. The van der Waals surface area contributed by atoms with E-state index in [-0.39, 0.29) is 12.1 Å². The zero-order valence-electron chi connectivity index (χ0n) is 11.8. The predicted molar refractivity (Wildman–Crippen MR) is 76.1 cm³/mol. The van der Waals surface area contributed by atoms with Gasteiger partial charge in [0.05, 0.1) is 11.5 Å². The lowest BCUT2D eigenvalue weighted by atomic mass is 10.3. The van der Waals surface area contributed by atoms with Crippen molar-refractivity contribution in [1.29, 1.82) is 0 Å². The van der Waals surface area contributed by atoms with Crippen molar-refractivity contribution in [2.45, 2.75) is 51.6 Å². The van der Waals surface area contributed by atoms with Gasteiger partial charge in [0.1, 0.15) is 16.7 Å². The van der Waals surface area contributed by atoms with Crippen LogP contribution in [0.1, 0.15) is 34.6 Å². The monoisotopic (exact) mass is 269 g/mol. The van der Waals surface area contributed by atoms with E-state index in [1.165, 1.54) is 0 Å². The van der Waals surface area contributed by atoms with Gasteiger partial charge < -0.3 is 4.74 Å². The standard InChI is InChI=1S/C14H23NO2S/c1-6-17-13-7-9-14(10-8-13)18(16)15(11(2)3)12(4)5/h7-12H,6H2,1-5H3. The summed E-state index contributed by atoms with van der Waals surface area (Å²) >= 11 is 0. The lowest BCUT2D eigenvalue weighted by molar-refractivity contribution is 0.320. The fourth-order valence-corrected chi connectivity index (χ4v) is 3.30. The van der Waals surface area contributed by atoms with E-state index in [4.69, 9.17) is 4.74 Å². The third kappa shape index (κ3) is 3.82. The Balaban J connectivity index is 2.88. The van der Waals surface area contributed by atoms with Crippen LogP contribution in [-0.2, 0) is 11.0 Å². The Morgan fingerprint density at radius 2 is 1.61 bits per heavy atom. The van der Waals surface area contributed by atoms with Gasteiger partial charge in [-0.25, -0.2) is 8.51 Å². The molecule has 0 aromatic heterocycles. The summed E-state index contributed by atoms with van der Waals surface area (Å²) in [7, 11) is -1.12. The molecule has 0 spiro atoms. The van der Waals surface area contributed by atoms with Gasteiger partial charge in [-0.05, 0) is 58.9 Å². The molecule has 0 bridgehead atoms. The third-order valence-corrected chi connectivity index (χ3v) is 4.45. The van der Waals surface area contributed by atoms with E-state index < -0.39 is 11.0 Å². The molecule has 102 valence electrons. The van der Waals surface area contributed by atoms with Gasteiger partial charge in [-0.1, -0.05) is 0 Å². The molecule has 1 rings (SSSR count). The topological polar surface area (TPSA) is 29.5 Å². The first-order valence-electron chi connectivity index (χ1n) is 6.40. The number of rotatable bonds is 6. The van der Waals surface area contributed by atoms with Crippen molar-refractivity contribution >= 4 is 11.0 Å². The Kier molecular flexibility index (Phi) is 5.82. The van der Waals surface area contributed by atoms with E-state index in [0.717, 1.165) is 10.6 Å². The second-order valence-electron chi connectivity index (χ2n) is 4.70. The smallest absolute Gasteiger partial charge is 0.128 e. The molecule has 0 N–H and O–H groups in total. The highest BCUT2D eigenvalue weighted by atomic mass is 32.2. The quantitative estimate of drug-likeness (QED) is 0.793. The van der Waals surface area contributed by atoms with Crippen LogP contribution in [0.15, 0.2) is 29.2 Å². The highest BCUT2D eigenvalue weighted by Crippen LogP contribution is 2.20. The molecular formula is C14H23NO2S. The second kappa shape index (κ2) is 6.90. The normalized spacial score (nSPS) is 13.3. The van der Waals surface area contributed by atoms with Crippen molar-refractivity contribution in [2.75, 3.05) is 6.61 Å². The van der Waals surface area contributed by atoms with Crippen molar-refractivity contribution in [3.63, 3.8) is 0 Å². The van der Waals surface area contributed by atoms with Crippen molar-refractivity contribution in [1.82, 2.24) is 4.31 Å².